The molecule has 138 valence electrons. The maximum atomic E-state index is 11.5. The third-order valence-electron chi connectivity index (χ3n) is 3.70. The van der Waals surface area contributed by atoms with Crippen molar-refractivity contribution >= 4 is 34.4 Å². The minimum absolute atomic E-state index is 0.0758. The molecule has 0 fully saturated rings. The van der Waals surface area contributed by atoms with E-state index in [1.165, 1.54) is 30.3 Å². The number of non-ortho nitro benzene ring substituents is 1. The fraction of sp³-hybridized carbons (Fsp3) is 0. The molecule has 3 rings (SSSR count). The lowest BCUT2D eigenvalue weighted by Crippen LogP contribution is -1.97. The highest BCUT2D eigenvalue weighted by atomic mass is 32.1. The first-order valence-corrected chi connectivity index (χ1v) is 8.55. The first kappa shape index (κ1) is 18.7. The number of benzene rings is 2. The largest absolute Gasteiger partial charge is 0.868 e. The van der Waals surface area contributed by atoms with Gasteiger partial charge in [0.15, 0.2) is 0 Å². The number of hydrogen-bond acceptors (Lipinski definition) is 8. The van der Waals surface area contributed by atoms with Crippen LogP contribution in [-0.4, -0.2) is 14.8 Å². The minimum atomic E-state index is -0.782. The Bertz CT molecular complexity index is 1160. The van der Waals surface area contributed by atoms with Crippen LogP contribution in [0.2, 0.25) is 0 Å². The summed E-state index contributed by atoms with van der Waals surface area (Å²) < 4.78 is 0. The van der Waals surface area contributed by atoms with Gasteiger partial charge in [-0.05, 0) is 17.4 Å². The smallest absolute Gasteiger partial charge is 0.270 e. The molecule has 9 nitrogen and oxygen atoms in total. The van der Waals surface area contributed by atoms with Crippen LogP contribution in [0.3, 0.4) is 0 Å². The molecule has 0 radical (unpaired) electrons. The number of rotatable bonds is 5. The predicted octanol–water partition coefficient (Wildman–Crippen LogP) is 3.76. The summed E-state index contributed by atoms with van der Waals surface area (Å²) in [7, 11) is 0. The minimum Gasteiger partial charge on any atom is -0.868 e. The molecule has 28 heavy (non-hydrogen) atoms. The zero-order valence-electron chi connectivity index (χ0n) is 13.9. The van der Waals surface area contributed by atoms with Crippen molar-refractivity contribution in [3.63, 3.8) is 0 Å². The van der Waals surface area contributed by atoms with Crippen molar-refractivity contribution in [2.24, 2.45) is 0 Å². The lowest BCUT2D eigenvalue weighted by molar-refractivity contribution is -0.398. The number of thiazole rings is 1. The van der Waals surface area contributed by atoms with Crippen molar-refractivity contribution < 1.29 is 15.0 Å². The zero-order valence-corrected chi connectivity index (χ0v) is 14.8. The normalized spacial score (nSPS) is 11.0. The van der Waals surface area contributed by atoms with Gasteiger partial charge in [0.05, 0.1) is 21.1 Å². The van der Waals surface area contributed by atoms with Crippen LogP contribution in [0.4, 0.5) is 11.4 Å². The Labute approximate surface area is 161 Å². The lowest BCUT2D eigenvalue weighted by atomic mass is 10.1. The van der Waals surface area contributed by atoms with Crippen molar-refractivity contribution in [3.05, 3.63) is 78.6 Å². The number of nitro benzene ring substituents is 2. The van der Waals surface area contributed by atoms with Gasteiger partial charge in [0.1, 0.15) is 11.1 Å². The summed E-state index contributed by atoms with van der Waals surface area (Å²) in [5.74, 6) is -0.720. The SMILES string of the molecule is N#C/C(=C/c1ccc([O-])c([N+](=O)[O-])c1)c1nc(-c2cccc([N+](=O)[O-])c2)cs1. The number of allylic oxidation sites excluding steroid dienone is 1. The fourth-order valence-electron chi connectivity index (χ4n) is 2.38. The van der Waals surface area contributed by atoms with Crippen molar-refractivity contribution in [1.29, 1.82) is 5.26 Å². The van der Waals surface area contributed by atoms with Crippen molar-refractivity contribution in [1.82, 2.24) is 4.98 Å². The van der Waals surface area contributed by atoms with Crippen LogP contribution in [-0.2, 0) is 0 Å². The van der Waals surface area contributed by atoms with Crippen LogP contribution in [0.5, 0.6) is 5.75 Å². The summed E-state index contributed by atoms with van der Waals surface area (Å²) in [4.78, 5) is 24.8. The van der Waals surface area contributed by atoms with Crippen LogP contribution in [0, 0.1) is 31.6 Å². The Morgan fingerprint density at radius 2 is 1.93 bits per heavy atom. The van der Waals surface area contributed by atoms with Gasteiger partial charge < -0.3 is 5.11 Å². The molecule has 1 aromatic heterocycles. The van der Waals surface area contributed by atoms with Crippen LogP contribution < -0.4 is 5.11 Å². The van der Waals surface area contributed by atoms with Crippen LogP contribution in [0.1, 0.15) is 10.6 Å². The topological polar surface area (TPSA) is 146 Å². The van der Waals surface area contributed by atoms with E-state index in [0.717, 1.165) is 23.5 Å². The predicted molar refractivity (Wildman–Crippen MR) is 100 cm³/mol. The first-order chi connectivity index (χ1) is 13.4. The molecule has 0 saturated heterocycles. The van der Waals surface area contributed by atoms with Gasteiger partial charge in [0.2, 0.25) is 0 Å². The lowest BCUT2D eigenvalue weighted by Gasteiger charge is -2.06. The molecule has 2 aromatic carbocycles. The maximum absolute atomic E-state index is 11.5. The van der Waals surface area contributed by atoms with Crippen LogP contribution in [0.25, 0.3) is 22.9 Å². The molecular weight excluding hydrogens is 384 g/mol. The summed E-state index contributed by atoms with van der Waals surface area (Å²) in [6.45, 7) is 0. The van der Waals surface area contributed by atoms with E-state index >= 15 is 0 Å². The average molecular weight is 393 g/mol. The standard InChI is InChI=1S/C18H10N4O5S/c19-9-13(6-11-4-5-17(23)16(7-11)22(26)27)18-20-15(10-28-18)12-2-1-3-14(8-12)21(24)25/h1-8,10,23H/p-1/b13-6-. The van der Waals surface area contributed by atoms with Crippen LogP contribution >= 0.6 is 11.3 Å². The Balaban J connectivity index is 1.97. The molecule has 0 atom stereocenters. The van der Waals surface area contributed by atoms with Crippen molar-refractivity contribution in [3.8, 4) is 23.1 Å². The second kappa shape index (κ2) is 7.65. The summed E-state index contributed by atoms with van der Waals surface area (Å²) >= 11 is 1.16. The molecule has 0 amide bonds. The van der Waals surface area contributed by atoms with Gasteiger partial charge in [0, 0.05) is 29.1 Å². The van der Waals surface area contributed by atoms with Gasteiger partial charge in [0.25, 0.3) is 11.4 Å². The number of nitriles is 1. The maximum Gasteiger partial charge on any atom is 0.270 e. The molecule has 0 N–H and O–H groups in total. The summed E-state index contributed by atoms with van der Waals surface area (Å²) in [6.07, 6.45) is 1.39. The monoisotopic (exact) mass is 393 g/mol. The number of aromatic nitrogens is 1. The van der Waals surface area contributed by atoms with Gasteiger partial charge in [-0.1, -0.05) is 24.3 Å². The van der Waals surface area contributed by atoms with Gasteiger partial charge in [-0.25, -0.2) is 4.98 Å². The van der Waals surface area contributed by atoms with E-state index in [1.807, 2.05) is 6.07 Å². The molecule has 10 heteroatoms. The Kier molecular flexibility index (Phi) is 5.10. The van der Waals surface area contributed by atoms with Gasteiger partial charge in [-0.3, -0.25) is 20.2 Å². The average Bonchev–Trinajstić information content (AvgIpc) is 3.17. The third-order valence-corrected chi connectivity index (χ3v) is 4.57. The molecular formula is C18H9N4O5S-. The van der Waals surface area contributed by atoms with E-state index < -0.39 is 21.3 Å². The van der Waals surface area contributed by atoms with E-state index in [0.29, 0.717) is 21.8 Å². The molecule has 0 unspecified atom stereocenters. The highest BCUT2D eigenvalue weighted by Crippen LogP contribution is 2.30. The Morgan fingerprint density at radius 1 is 1.14 bits per heavy atom. The van der Waals surface area contributed by atoms with Crippen molar-refractivity contribution in [2.45, 2.75) is 0 Å². The molecule has 1 heterocycles. The van der Waals surface area contributed by atoms with Gasteiger partial charge in [-0.2, -0.15) is 5.26 Å². The number of nitro groups is 2. The quantitative estimate of drug-likeness (QED) is 0.364. The van der Waals surface area contributed by atoms with Gasteiger partial charge >= 0.3 is 0 Å². The highest BCUT2D eigenvalue weighted by Gasteiger charge is 2.13. The van der Waals surface area contributed by atoms with E-state index in [4.69, 9.17) is 0 Å². The van der Waals surface area contributed by atoms with E-state index in [2.05, 4.69) is 4.98 Å². The van der Waals surface area contributed by atoms with E-state index in [1.54, 1.807) is 11.4 Å². The molecule has 0 bridgehead atoms. The molecule has 3 aromatic rings. The van der Waals surface area contributed by atoms with Crippen molar-refractivity contribution in [2.75, 3.05) is 0 Å². The molecule has 0 aliphatic rings. The Hall–Kier alpha value is -4.10. The molecule has 0 aliphatic carbocycles. The second-order valence-corrected chi connectivity index (χ2v) is 6.36. The first-order valence-electron chi connectivity index (χ1n) is 7.67. The highest BCUT2D eigenvalue weighted by molar-refractivity contribution is 7.11. The Morgan fingerprint density at radius 3 is 2.61 bits per heavy atom. The molecule has 0 aliphatic heterocycles. The molecule has 0 spiro atoms. The van der Waals surface area contributed by atoms with E-state index in [9.17, 15) is 30.6 Å². The van der Waals surface area contributed by atoms with Crippen LogP contribution in [0.15, 0.2) is 47.8 Å². The number of nitrogens with zero attached hydrogens (tertiary/aromatic N) is 4. The summed E-state index contributed by atoms with van der Waals surface area (Å²) in [5.41, 5.74) is 0.797. The summed E-state index contributed by atoms with van der Waals surface area (Å²) in [5, 5.41) is 44.7. The molecule has 0 saturated carbocycles. The second-order valence-electron chi connectivity index (χ2n) is 5.50. The van der Waals surface area contributed by atoms with E-state index in [-0.39, 0.29) is 11.3 Å². The van der Waals surface area contributed by atoms with Gasteiger partial charge in [-0.15, -0.1) is 11.3 Å². The zero-order chi connectivity index (χ0) is 20.3. The summed E-state index contributed by atoms with van der Waals surface area (Å²) in [6, 6.07) is 11.5. The third kappa shape index (κ3) is 3.84. The number of hydrogen-bond donors (Lipinski definition) is 0. The fourth-order valence-corrected chi connectivity index (χ4v) is 3.18.